The van der Waals surface area contributed by atoms with Gasteiger partial charge in [0.15, 0.2) is 5.78 Å². The number of aliphatic hydroxyl groups is 1. The van der Waals surface area contributed by atoms with E-state index in [-0.39, 0.29) is 19.6 Å². The zero-order valence-corrected chi connectivity index (χ0v) is 16.6. The third-order valence-electron chi connectivity index (χ3n) is 4.60. The topological polar surface area (TPSA) is 89.9 Å². The minimum atomic E-state index is -1.62. The van der Waals surface area contributed by atoms with E-state index < -0.39 is 41.1 Å². The lowest BCUT2D eigenvalue weighted by molar-refractivity contribution is -0.172. The van der Waals surface area contributed by atoms with Gasteiger partial charge < -0.3 is 14.6 Å². The van der Waals surface area contributed by atoms with Gasteiger partial charge in [-0.05, 0) is 38.5 Å². The summed E-state index contributed by atoms with van der Waals surface area (Å²) in [5.41, 5.74) is -1.03. The largest absolute Gasteiger partial charge is 0.466 e. The maximum atomic E-state index is 12.7. The minimum Gasteiger partial charge on any atom is -0.466 e. The maximum Gasteiger partial charge on any atom is 0.317 e. The maximum absolute atomic E-state index is 12.7. The van der Waals surface area contributed by atoms with Crippen molar-refractivity contribution in [2.24, 2.45) is 11.8 Å². The fraction of sp³-hybridized carbons (Fsp3) is 0.526. The van der Waals surface area contributed by atoms with Crippen LogP contribution in [0.5, 0.6) is 0 Å². The molecule has 0 saturated heterocycles. The van der Waals surface area contributed by atoms with Gasteiger partial charge in [0.05, 0.1) is 24.7 Å². The molecule has 1 saturated carbocycles. The Morgan fingerprint density at radius 2 is 1.69 bits per heavy atom. The van der Waals surface area contributed by atoms with Gasteiger partial charge in [-0.25, -0.2) is 0 Å². The summed E-state index contributed by atoms with van der Waals surface area (Å²) >= 11 is 3.34. The third kappa shape index (κ3) is 4.15. The first-order chi connectivity index (χ1) is 12.2. The van der Waals surface area contributed by atoms with E-state index in [0.29, 0.717) is 5.56 Å². The molecule has 4 atom stereocenters. The molecule has 142 valence electrons. The van der Waals surface area contributed by atoms with E-state index in [4.69, 9.17) is 9.47 Å². The normalized spacial score (nSPS) is 28.5. The van der Waals surface area contributed by atoms with Crippen LogP contribution in [0.25, 0.3) is 0 Å². The number of esters is 2. The van der Waals surface area contributed by atoms with Crippen molar-refractivity contribution in [2.75, 3.05) is 13.2 Å². The van der Waals surface area contributed by atoms with Gasteiger partial charge >= 0.3 is 11.9 Å². The van der Waals surface area contributed by atoms with Gasteiger partial charge in [0.1, 0.15) is 5.92 Å². The molecule has 0 amide bonds. The van der Waals surface area contributed by atoms with Crippen LogP contribution in [0.2, 0.25) is 0 Å². The Balaban J connectivity index is 2.59. The van der Waals surface area contributed by atoms with Crippen molar-refractivity contribution in [3.05, 3.63) is 34.3 Å². The first-order valence-electron chi connectivity index (χ1n) is 8.56. The Bertz CT molecular complexity index is 682. The Morgan fingerprint density at radius 1 is 1.15 bits per heavy atom. The van der Waals surface area contributed by atoms with Gasteiger partial charge in [-0.1, -0.05) is 28.1 Å². The number of halogens is 1. The van der Waals surface area contributed by atoms with Gasteiger partial charge in [-0.3, -0.25) is 14.4 Å². The second-order valence-electron chi connectivity index (χ2n) is 6.54. The van der Waals surface area contributed by atoms with E-state index in [2.05, 4.69) is 15.9 Å². The number of benzene rings is 1. The van der Waals surface area contributed by atoms with Crippen molar-refractivity contribution in [1.29, 1.82) is 0 Å². The van der Waals surface area contributed by atoms with Crippen molar-refractivity contribution in [3.63, 3.8) is 0 Å². The van der Waals surface area contributed by atoms with Crippen LogP contribution in [-0.2, 0) is 23.9 Å². The molecule has 2 rings (SSSR count). The minimum absolute atomic E-state index is 0.121. The van der Waals surface area contributed by atoms with E-state index in [0.717, 1.165) is 4.47 Å². The summed E-state index contributed by atoms with van der Waals surface area (Å²) in [4.78, 5) is 37.8. The van der Waals surface area contributed by atoms with Crippen molar-refractivity contribution in [1.82, 2.24) is 0 Å². The standard InChI is InChI=1S/C19H23BrO6/c1-4-25-17(22)15-13(21)10-19(3,24)16(18(23)26-5-2)14(15)11-6-8-12(20)9-7-11/h6-9,14-16,24H,4-5,10H2,1-3H3/t14-,15+,16+,19-/m0/s1. The van der Waals surface area contributed by atoms with E-state index >= 15 is 0 Å². The van der Waals surface area contributed by atoms with E-state index in [1.165, 1.54) is 6.92 Å². The molecule has 1 aliphatic carbocycles. The summed E-state index contributed by atoms with van der Waals surface area (Å²) in [5.74, 6) is -4.84. The summed E-state index contributed by atoms with van der Waals surface area (Å²) < 4.78 is 11.0. The average molecular weight is 427 g/mol. The highest BCUT2D eigenvalue weighted by atomic mass is 79.9. The SMILES string of the molecule is CCOC(=O)[C@@H]1C(=O)C[C@](C)(O)[C@@H](C(=O)OCC)[C@H]1c1ccc(Br)cc1. The molecule has 0 heterocycles. The lowest BCUT2D eigenvalue weighted by atomic mass is 9.62. The van der Waals surface area contributed by atoms with E-state index in [1.54, 1.807) is 38.1 Å². The molecular weight excluding hydrogens is 404 g/mol. The molecule has 0 radical (unpaired) electrons. The smallest absolute Gasteiger partial charge is 0.317 e. The van der Waals surface area contributed by atoms with Gasteiger partial charge in [0, 0.05) is 16.8 Å². The Hall–Kier alpha value is -1.73. The molecule has 0 spiro atoms. The average Bonchev–Trinajstić information content (AvgIpc) is 2.54. The van der Waals surface area contributed by atoms with Crippen molar-refractivity contribution in [3.8, 4) is 0 Å². The molecule has 6 nitrogen and oxygen atoms in total. The number of hydrogen-bond donors (Lipinski definition) is 1. The number of carbonyl (C=O) groups is 3. The van der Waals surface area contributed by atoms with Crippen LogP contribution in [0.4, 0.5) is 0 Å². The summed E-state index contributed by atoms with van der Waals surface area (Å²) in [6.07, 6.45) is -0.313. The first-order valence-corrected chi connectivity index (χ1v) is 9.36. The van der Waals surface area contributed by atoms with Crippen LogP contribution in [0.15, 0.2) is 28.7 Å². The Morgan fingerprint density at radius 3 is 2.23 bits per heavy atom. The van der Waals surface area contributed by atoms with Gasteiger partial charge in [-0.2, -0.15) is 0 Å². The summed E-state index contributed by atoms with van der Waals surface area (Å²) in [6, 6.07) is 6.96. The molecule has 0 unspecified atom stereocenters. The zero-order valence-electron chi connectivity index (χ0n) is 15.0. The first kappa shape index (κ1) is 20.6. The molecule has 1 aromatic rings. The molecule has 1 N–H and O–H groups in total. The second-order valence-corrected chi connectivity index (χ2v) is 7.45. The highest BCUT2D eigenvalue weighted by Crippen LogP contribution is 2.46. The highest BCUT2D eigenvalue weighted by Gasteiger charge is 2.57. The van der Waals surface area contributed by atoms with Crippen LogP contribution < -0.4 is 0 Å². The zero-order chi connectivity index (χ0) is 19.5. The number of ether oxygens (including phenoxy) is 2. The predicted molar refractivity (Wildman–Crippen MR) is 97.4 cm³/mol. The van der Waals surface area contributed by atoms with Crippen LogP contribution in [-0.4, -0.2) is 41.6 Å². The van der Waals surface area contributed by atoms with Gasteiger partial charge in [0.25, 0.3) is 0 Å². The molecule has 0 aliphatic heterocycles. The Kier molecular flexibility index (Phi) is 6.58. The molecule has 1 fully saturated rings. The molecule has 7 heteroatoms. The number of rotatable bonds is 5. The fourth-order valence-corrected chi connectivity index (χ4v) is 3.83. The fourth-order valence-electron chi connectivity index (χ4n) is 3.56. The molecular formula is C19H23BrO6. The molecule has 26 heavy (non-hydrogen) atoms. The van der Waals surface area contributed by atoms with Gasteiger partial charge in [-0.15, -0.1) is 0 Å². The predicted octanol–water partition coefficient (Wildman–Crippen LogP) is 2.62. The molecule has 0 bridgehead atoms. The summed E-state index contributed by atoms with van der Waals surface area (Å²) in [7, 11) is 0. The quantitative estimate of drug-likeness (QED) is 0.574. The lowest BCUT2D eigenvalue weighted by Crippen LogP contribution is -2.55. The molecule has 1 aliphatic rings. The van der Waals surface area contributed by atoms with E-state index in [9.17, 15) is 19.5 Å². The summed E-state index contributed by atoms with van der Waals surface area (Å²) in [5, 5.41) is 10.8. The van der Waals surface area contributed by atoms with Crippen molar-refractivity contribution >= 4 is 33.7 Å². The van der Waals surface area contributed by atoms with Crippen LogP contribution in [0.3, 0.4) is 0 Å². The number of ketones is 1. The van der Waals surface area contributed by atoms with Crippen LogP contribution >= 0.6 is 15.9 Å². The molecule has 0 aromatic heterocycles. The number of hydrogen-bond acceptors (Lipinski definition) is 6. The highest BCUT2D eigenvalue weighted by molar-refractivity contribution is 9.10. The van der Waals surface area contributed by atoms with Crippen LogP contribution in [0.1, 0.15) is 38.7 Å². The third-order valence-corrected chi connectivity index (χ3v) is 5.13. The number of carbonyl (C=O) groups excluding carboxylic acids is 3. The monoisotopic (exact) mass is 426 g/mol. The van der Waals surface area contributed by atoms with Gasteiger partial charge in [0.2, 0.25) is 0 Å². The lowest BCUT2D eigenvalue weighted by Gasteiger charge is -2.43. The Labute approximate surface area is 161 Å². The van der Waals surface area contributed by atoms with Crippen molar-refractivity contribution < 1.29 is 29.0 Å². The van der Waals surface area contributed by atoms with Crippen LogP contribution in [0, 0.1) is 11.8 Å². The summed E-state index contributed by atoms with van der Waals surface area (Å²) in [6.45, 7) is 5.00. The second kappa shape index (κ2) is 8.31. The van der Waals surface area contributed by atoms with E-state index in [1.807, 2.05) is 0 Å². The number of Topliss-reactive ketones (excluding diaryl/α,β-unsaturated/α-hetero) is 1. The van der Waals surface area contributed by atoms with Crippen molar-refractivity contribution in [2.45, 2.75) is 38.7 Å². The molecule has 1 aromatic carbocycles.